The minimum absolute atomic E-state index is 0.0282. The maximum atomic E-state index is 12.4. The van der Waals surface area contributed by atoms with Crippen molar-refractivity contribution in [2.45, 2.75) is 51.7 Å². The van der Waals surface area contributed by atoms with Gasteiger partial charge < -0.3 is 10.6 Å². The van der Waals surface area contributed by atoms with E-state index in [1.54, 1.807) is 6.07 Å². The van der Waals surface area contributed by atoms with E-state index in [-0.39, 0.29) is 17.4 Å². The molecule has 2 N–H and O–H groups in total. The number of hydrogen-bond donors (Lipinski definition) is 2. The second-order valence-electron chi connectivity index (χ2n) is 8.71. The molecule has 0 spiro atoms. The Morgan fingerprint density at radius 2 is 1.70 bits per heavy atom. The van der Waals surface area contributed by atoms with Crippen LogP contribution in [-0.2, 0) is 9.59 Å². The molecule has 0 aromatic heterocycles. The van der Waals surface area contributed by atoms with Crippen molar-refractivity contribution in [1.82, 2.24) is 15.1 Å². The number of nitrogens with one attached hydrogen (secondary N) is 2. The van der Waals surface area contributed by atoms with Gasteiger partial charge in [0.2, 0.25) is 11.8 Å². The molecule has 2 heterocycles. The van der Waals surface area contributed by atoms with Crippen molar-refractivity contribution in [2.24, 2.45) is 0 Å². The van der Waals surface area contributed by atoms with Crippen LogP contribution < -0.4 is 10.6 Å². The number of carbonyl (C=O) groups is 2. The number of hydrogen-bond acceptors (Lipinski definition) is 4. The zero-order valence-electron chi connectivity index (χ0n) is 16.5. The number of anilines is 1. The molecular weight excluding hydrogens is 364 g/mol. The van der Waals surface area contributed by atoms with Crippen LogP contribution in [0.25, 0.3) is 0 Å². The number of aryl methyl sites for hydroxylation is 1. The van der Waals surface area contributed by atoms with E-state index in [0.717, 1.165) is 30.8 Å². The highest BCUT2D eigenvalue weighted by Gasteiger charge is 2.44. The summed E-state index contributed by atoms with van der Waals surface area (Å²) < 4.78 is 0. The van der Waals surface area contributed by atoms with Gasteiger partial charge in [-0.25, -0.2) is 0 Å². The minimum atomic E-state index is -0.210. The molecule has 0 unspecified atom stereocenters. The smallest absolute Gasteiger partial charge is 0.238 e. The fourth-order valence-corrected chi connectivity index (χ4v) is 4.10. The SMILES string of the molecule is Cc1ccc(NC(=O)CN2C[C@@H]3C[C@H]2CN3CC(=O)NC(C)(C)C)cc1Cl. The van der Waals surface area contributed by atoms with Crippen LogP contribution in [0.2, 0.25) is 5.02 Å². The fourth-order valence-electron chi connectivity index (χ4n) is 3.92. The molecule has 3 rings (SSSR count). The van der Waals surface area contributed by atoms with E-state index in [2.05, 4.69) is 20.4 Å². The van der Waals surface area contributed by atoms with Crippen molar-refractivity contribution in [3.05, 3.63) is 28.8 Å². The van der Waals surface area contributed by atoms with Crippen molar-refractivity contribution < 1.29 is 9.59 Å². The van der Waals surface area contributed by atoms with Gasteiger partial charge in [0.1, 0.15) is 0 Å². The van der Waals surface area contributed by atoms with Crippen LogP contribution in [0.1, 0.15) is 32.8 Å². The summed E-state index contributed by atoms with van der Waals surface area (Å²) in [6.07, 6.45) is 1.02. The van der Waals surface area contributed by atoms with E-state index in [0.29, 0.717) is 30.2 Å². The standard InChI is InChI=1S/C20H29ClN4O2/c1-13-5-6-14(7-17(13)21)22-18(26)11-24-9-16-8-15(24)10-25(16)12-19(27)23-20(2,3)4/h5-7,15-16H,8-12H2,1-4H3,(H,22,26)(H,23,27)/t15-,16-/m0/s1. The molecule has 0 radical (unpaired) electrons. The first-order valence-corrected chi connectivity index (χ1v) is 9.83. The number of fused-ring (bicyclic) bond motifs is 2. The fraction of sp³-hybridized carbons (Fsp3) is 0.600. The van der Waals surface area contributed by atoms with Gasteiger partial charge in [-0.1, -0.05) is 17.7 Å². The summed E-state index contributed by atoms with van der Waals surface area (Å²) in [5.74, 6) is 0.0371. The molecule has 27 heavy (non-hydrogen) atoms. The number of nitrogens with zero attached hydrogens (tertiary/aromatic N) is 2. The summed E-state index contributed by atoms with van der Waals surface area (Å²) in [7, 11) is 0. The highest BCUT2D eigenvalue weighted by molar-refractivity contribution is 6.31. The Bertz CT molecular complexity index is 731. The van der Waals surface area contributed by atoms with Crippen LogP contribution in [-0.4, -0.2) is 65.4 Å². The molecule has 1 aromatic rings. The number of benzene rings is 1. The number of carbonyl (C=O) groups excluding carboxylic acids is 2. The second-order valence-corrected chi connectivity index (χ2v) is 9.12. The summed E-state index contributed by atoms with van der Waals surface area (Å²) in [4.78, 5) is 29.0. The molecule has 2 aliphatic heterocycles. The van der Waals surface area contributed by atoms with Crippen molar-refractivity contribution in [3.8, 4) is 0 Å². The molecular formula is C20H29ClN4O2. The maximum absolute atomic E-state index is 12.4. The Balaban J connectivity index is 1.47. The Morgan fingerprint density at radius 3 is 2.22 bits per heavy atom. The van der Waals surface area contributed by atoms with Crippen molar-refractivity contribution >= 4 is 29.1 Å². The molecule has 2 atom stereocenters. The molecule has 2 amide bonds. The Morgan fingerprint density at radius 1 is 1.11 bits per heavy atom. The zero-order chi connectivity index (χ0) is 19.8. The van der Waals surface area contributed by atoms with Crippen molar-refractivity contribution in [1.29, 1.82) is 0 Å². The highest BCUT2D eigenvalue weighted by atomic mass is 35.5. The predicted octanol–water partition coefficient (Wildman–Crippen LogP) is 2.26. The lowest BCUT2D eigenvalue weighted by atomic mass is 10.1. The lowest BCUT2D eigenvalue weighted by Crippen LogP contribution is -2.52. The first kappa shape index (κ1) is 20.1. The quantitative estimate of drug-likeness (QED) is 0.806. The van der Waals surface area contributed by atoms with Gasteiger partial charge >= 0.3 is 0 Å². The van der Waals surface area contributed by atoms with Gasteiger partial charge in [0.25, 0.3) is 0 Å². The zero-order valence-corrected chi connectivity index (χ0v) is 17.3. The van der Waals surface area contributed by atoms with Crippen LogP contribution >= 0.6 is 11.6 Å². The van der Waals surface area contributed by atoms with Gasteiger partial charge in [-0.05, 0) is 51.8 Å². The van der Waals surface area contributed by atoms with E-state index >= 15 is 0 Å². The van der Waals surface area contributed by atoms with Gasteiger partial charge in [-0.3, -0.25) is 19.4 Å². The van der Waals surface area contributed by atoms with Crippen LogP contribution in [0, 0.1) is 6.92 Å². The van der Waals surface area contributed by atoms with Gasteiger partial charge in [-0.2, -0.15) is 0 Å². The minimum Gasteiger partial charge on any atom is -0.350 e. The first-order chi connectivity index (χ1) is 12.6. The lowest BCUT2D eigenvalue weighted by Gasteiger charge is -2.34. The Labute approximate surface area is 166 Å². The summed E-state index contributed by atoms with van der Waals surface area (Å²) in [6.45, 7) is 10.4. The predicted molar refractivity (Wildman–Crippen MR) is 108 cm³/mol. The molecule has 2 saturated heterocycles. The van der Waals surface area contributed by atoms with Crippen LogP contribution in [0.4, 0.5) is 5.69 Å². The van der Waals surface area contributed by atoms with Gasteiger partial charge in [0.15, 0.2) is 0 Å². The molecule has 0 aliphatic carbocycles. The molecule has 7 heteroatoms. The van der Waals surface area contributed by atoms with Gasteiger partial charge in [0.05, 0.1) is 13.1 Å². The number of likely N-dealkylation sites (tertiary alicyclic amines) is 2. The monoisotopic (exact) mass is 392 g/mol. The average Bonchev–Trinajstić information content (AvgIpc) is 3.08. The summed E-state index contributed by atoms with van der Waals surface area (Å²) in [6, 6.07) is 6.23. The van der Waals surface area contributed by atoms with Crippen molar-refractivity contribution in [3.63, 3.8) is 0 Å². The number of amides is 2. The van der Waals surface area contributed by atoms with Crippen LogP contribution in [0.5, 0.6) is 0 Å². The number of rotatable bonds is 5. The maximum Gasteiger partial charge on any atom is 0.238 e. The first-order valence-electron chi connectivity index (χ1n) is 9.46. The molecule has 1 aromatic carbocycles. The third-order valence-corrected chi connectivity index (χ3v) is 5.54. The normalized spacial score (nSPS) is 22.9. The van der Waals surface area contributed by atoms with Crippen molar-refractivity contribution in [2.75, 3.05) is 31.5 Å². The van der Waals surface area contributed by atoms with E-state index in [4.69, 9.17) is 11.6 Å². The topological polar surface area (TPSA) is 64.7 Å². The molecule has 2 aliphatic rings. The van der Waals surface area contributed by atoms with Crippen LogP contribution in [0.3, 0.4) is 0 Å². The molecule has 0 saturated carbocycles. The molecule has 2 fully saturated rings. The van der Waals surface area contributed by atoms with E-state index in [9.17, 15) is 9.59 Å². The summed E-state index contributed by atoms with van der Waals surface area (Å²) in [5.41, 5.74) is 1.50. The van der Waals surface area contributed by atoms with Gasteiger partial charge in [0, 0.05) is 41.4 Å². The summed E-state index contributed by atoms with van der Waals surface area (Å²) >= 11 is 6.12. The second kappa shape index (κ2) is 7.78. The summed E-state index contributed by atoms with van der Waals surface area (Å²) in [5, 5.41) is 6.59. The Kier molecular flexibility index (Phi) is 5.79. The van der Waals surface area contributed by atoms with E-state index in [1.165, 1.54) is 0 Å². The van der Waals surface area contributed by atoms with Gasteiger partial charge in [-0.15, -0.1) is 0 Å². The molecule has 6 nitrogen and oxygen atoms in total. The molecule has 2 bridgehead atoms. The molecule has 148 valence electrons. The largest absolute Gasteiger partial charge is 0.350 e. The Hall–Kier alpha value is -1.63. The third-order valence-electron chi connectivity index (χ3n) is 5.13. The third kappa shape index (κ3) is 5.21. The lowest BCUT2D eigenvalue weighted by molar-refractivity contribution is -0.124. The van der Waals surface area contributed by atoms with Crippen LogP contribution in [0.15, 0.2) is 18.2 Å². The van der Waals surface area contributed by atoms with E-state index in [1.807, 2.05) is 39.8 Å². The number of piperazine rings is 1. The highest BCUT2D eigenvalue weighted by Crippen LogP contribution is 2.30. The number of halogens is 1. The van der Waals surface area contributed by atoms with E-state index < -0.39 is 0 Å². The average molecular weight is 393 g/mol.